The summed E-state index contributed by atoms with van der Waals surface area (Å²) >= 11 is 3.30. The molecule has 0 saturated carbocycles. The van der Waals surface area contributed by atoms with Gasteiger partial charge in [-0.05, 0) is 42.5 Å². The molecule has 4 heteroatoms. The molecule has 2 rings (SSSR count). The molecule has 0 spiro atoms. The Labute approximate surface area is 115 Å². The number of carbonyl (C=O) groups excluding carboxylic acids is 1. The maximum atomic E-state index is 13.6. The average Bonchev–Trinajstić information content (AvgIpc) is 2.34. The second-order valence-electron chi connectivity index (χ2n) is 5.00. The van der Waals surface area contributed by atoms with E-state index in [1.807, 2.05) is 4.90 Å². The molecule has 1 aromatic carbocycles. The Hall–Kier alpha value is -0.900. The van der Waals surface area contributed by atoms with E-state index < -0.39 is 0 Å². The highest BCUT2D eigenvalue weighted by Gasteiger charge is 2.21. The number of halogens is 2. The van der Waals surface area contributed by atoms with E-state index >= 15 is 0 Å². The molecular weight excluding hydrogens is 297 g/mol. The van der Waals surface area contributed by atoms with Crippen LogP contribution in [0.25, 0.3) is 0 Å². The summed E-state index contributed by atoms with van der Waals surface area (Å²) in [5.41, 5.74) is 0.465. The molecule has 1 unspecified atom stereocenters. The summed E-state index contributed by atoms with van der Waals surface area (Å²) in [6.07, 6.45) is 2.38. The molecule has 2 nitrogen and oxygen atoms in total. The van der Waals surface area contributed by atoms with Gasteiger partial charge in [-0.1, -0.05) is 22.9 Å². The van der Waals surface area contributed by atoms with Gasteiger partial charge in [0.1, 0.15) is 5.82 Å². The second kappa shape index (κ2) is 5.83. The zero-order valence-corrected chi connectivity index (χ0v) is 12.0. The number of piperidine rings is 1. The summed E-state index contributed by atoms with van der Waals surface area (Å²) in [5.74, 6) is 0.269. The molecule has 1 saturated heterocycles. The minimum atomic E-state index is -0.309. The monoisotopic (exact) mass is 313 g/mol. The van der Waals surface area contributed by atoms with Crippen molar-refractivity contribution in [3.8, 4) is 0 Å². The van der Waals surface area contributed by atoms with Gasteiger partial charge in [0.2, 0.25) is 5.91 Å². The highest BCUT2D eigenvalue weighted by molar-refractivity contribution is 9.10. The predicted octanol–water partition coefficient (Wildman–Crippen LogP) is 3.39. The van der Waals surface area contributed by atoms with Crippen LogP contribution >= 0.6 is 15.9 Å². The number of rotatable bonds is 2. The quantitative estimate of drug-likeness (QED) is 0.819. The normalized spacial score (nSPS) is 19.9. The molecule has 1 atom stereocenters. The molecule has 0 radical (unpaired) electrons. The second-order valence-corrected chi connectivity index (χ2v) is 5.92. The van der Waals surface area contributed by atoms with Crippen molar-refractivity contribution in [1.29, 1.82) is 0 Å². The number of nitrogens with zero attached hydrogens (tertiary/aromatic N) is 1. The van der Waals surface area contributed by atoms with Crippen LogP contribution < -0.4 is 0 Å². The fourth-order valence-corrected chi connectivity index (χ4v) is 2.78. The first-order valence-electron chi connectivity index (χ1n) is 6.28. The summed E-state index contributed by atoms with van der Waals surface area (Å²) in [4.78, 5) is 14.0. The van der Waals surface area contributed by atoms with E-state index in [9.17, 15) is 9.18 Å². The summed E-state index contributed by atoms with van der Waals surface area (Å²) < 4.78 is 14.4. The lowest BCUT2D eigenvalue weighted by Crippen LogP contribution is -2.40. The summed E-state index contributed by atoms with van der Waals surface area (Å²) in [5, 5.41) is 0. The third kappa shape index (κ3) is 3.31. The molecule has 0 bridgehead atoms. The van der Waals surface area contributed by atoms with E-state index in [1.54, 1.807) is 12.1 Å². The average molecular weight is 314 g/mol. The molecule has 0 N–H and O–H groups in total. The van der Waals surface area contributed by atoms with Gasteiger partial charge in [-0.25, -0.2) is 4.39 Å². The lowest BCUT2D eigenvalue weighted by atomic mass is 9.99. The van der Waals surface area contributed by atoms with Gasteiger partial charge in [0, 0.05) is 17.6 Å². The first-order valence-corrected chi connectivity index (χ1v) is 7.07. The third-order valence-corrected chi connectivity index (χ3v) is 3.85. The number of carbonyl (C=O) groups is 1. The van der Waals surface area contributed by atoms with Gasteiger partial charge < -0.3 is 4.90 Å². The van der Waals surface area contributed by atoms with E-state index in [4.69, 9.17) is 0 Å². The van der Waals surface area contributed by atoms with Crippen molar-refractivity contribution < 1.29 is 9.18 Å². The Kier molecular flexibility index (Phi) is 4.38. The first kappa shape index (κ1) is 13.5. The minimum Gasteiger partial charge on any atom is -0.342 e. The Bertz CT molecular complexity index is 449. The van der Waals surface area contributed by atoms with Crippen LogP contribution in [-0.2, 0) is 11.2 Å². The fraction of sp³-hybridized carbons (Fsp3) is 0.500. The highest BCUT2D eigenvalue weighted by Crippen LogP contribution is 2.19. The molecule has 1 aliphatic heterocycles. The molecule has 98 valence electrons. The van der Waals surface area contributed by atoms with Gasteiger partial charge >= 0.3 is 0 Å². The van der Waals surface area contributed by atoms with Crippen molar-refractivity contribution in [3.05, 3.63) is 34.1 Å². The van der Waals surface area contributed by atoms with Gasteiger partial charge in [-0.2, -0.15) is 0 Å². The van der Waals surface area contributed by atoms with Crippen LogP contribution in [0.2, 0.25) is 0 Å². The SMILES string of the molecule is CC1CCCN(C(=O)Cc2cc(Br)ccc2F)C1. The lowest BCUT2D eigenvalue weighted by Gasteiger charge is -2.31. The van der Waals surface area contributed by atoms with Crippen molar-refractivity contribution >= 4 is 21.8 Å². The molecule has 0 aromatic heterocycles. The number of hydrogen-bond acceptors (Lipinski definition) is 1. The van der Waals surface area contributed by atoms with Gasteiger partial charge in [-0.3, -0.25) is 4.79 Å². The van der Waals surface area contributed by atoms with E-state index in [2.05, 4.69) is 22.9 Å². The van der Waals surface area contributed by atoms with Crippen LogP contribution in [0.15, 0.2) is 22.7 Å². The molecule has 1 fully saturated rings. The lowest BCUT2D eigenvalue weighted by molar-refractivity contribution is -0.132. The molecule has 1 amide bonds. The number of likely N-dealkylation sites (tertiary alicyclic amines) is 1. The van der Waals surface area contributed by atoms with Crippen molar-refractivity contribution in [1.82, 2.24) is 4.90 Å². The Morgan fingerprint density at radius 2 is 2.33 bits per heavy atom. The maximum absolute atomic E-state index is 13.6. The smallest absolute Gasteiger partial charge is 0.227 e. The molecule has 0 aliphatic carbocycles. The Balaban J connectivity index is 2.04. The summed E-state index contributed by atoms with van der Waals surface area (Å²) in [6, 6.07) is 4.72. The van der Waals surface area contributed by atoms with Crippen LogP contribution in [0.3, 0.4) is 0 Å². The number of hydrogen-bond donors (Lipinski definition) is 0. The largest absolute Gasteiger partial charge is 0.342 e. The van der Waals surface area contributed by atoms with Crippen molar-refractivity contribution in [2.45, 2.75) is 26.2 Å². The third-order valence-electron chi connectivity index (χ3n) is 3.36. The van der Waals surface area contributed by atoms with E-state index in [1.165, 1.54) is 12.5 Å². The van der Waals surface area contributed by atoms with Gasteiger partial charge in [0.25, 0.3) is 0 Å². The van der Waals surface area contributed by atoms with Crippen LogP contribution in [0.1, 0.15) is 25.3 Å². The van der Waals surface area contributed by atoms with Crippen molar-refractivity contribution in [3.63, 3.8) is 0 Å². The Morgan fingerprint density at radius 1 is 1.56 bits per heavy atom. The van der Waals surface area contributed by atoms with Gasteiger partial charge in [0.15, 0.2) is 0 Å². The molecule has 1 aliphatic rings. The van der Waals surface area contributed by atoms with Crippen LogP contribution in [-0.4, -0.2) is 23.9 Å². The predicted molar refractivity (Wildman–Crippen MR) is 72.8 cm³/mol. The fourth-order valence-electron chi connectivity index (χ4n) is 2.37. The first-order chi connectivity index (χ1) is 8.56. The van der Waals surface area contributed by atoms with Gasteiger partial charge in [0.05, 0.1) is 6.42 Å². The molecule has 1 aromatic rings. The topological polar surface area (TPSA) is 20.3 Å². The highest BCUT2D eigenvalue weighted by atomic mass is 79.9. The van der Waals surface area contributed by atoms with Crippen LogP contribution in [0, 0.1) is 11.7 Å². The Morgan fingerprint density at radius 3 is 3.06 bits per heavy atom. The summed E-state index contributed by atoms with van der Waals surface area (Å²) in [7, 11) is 0. The summed E-state index contributed by atoms with van der Waals surface area (Å²) in [6.45, 7) is 3.76. The zero-order valence-electron chi connectivity index (χ0n) is 10.5. The van der Waals surface area contributed by atoms with E-state index in [-0.39, 0.29) is 18.1 Å². The molecule has 18 heavy (non-hydrogen) atoms. The zero-order chi connectivity index (χ0) is 13.1. The standard InChI is InChI=1S/C14H17BrFNO/c1-10-3-2-6-17(9-10)14(18)8-11-7-12(15)4-5-13(11)16/h4-5,7,10H,2-3,6,8-9H2,1H3. The minimum absolute atomic E-state index is 0.0264. The van der Waals surface area contributed by atoms with Crippen molar-refractivity contribution in [2.75, 3.05) is 13.1 Å². The van der Waals surface area contributed by atoms with Crippen LogP contribution in [0.4, 0.5) is 4.39 Å². The maximum Gasteiger partial charge on any atom is 0.227 e. The van der Waals surface area contributed by atoms with Gasteiger partial charge in [-0.15, -0.1) is 0 Å². The van der Waals surface area contributed by atoms with Crippen LogP contribution in [0.5, 0.6) is 0 Å². The van der Waals surface area contributed by atoms with E-state index in [0.717, 1.165) is 24.0 Å². The molecular formula is C14H17BrFNO. The van der Waals surface area contributed by atoms with E-state index in [0.29, 0.717) is 11.5 Å². The van der Waals surface area contributed by atoms with Crippen molar-refractivity contribution in [2.24, 2.45) is 5.92 Å². The number of benzene rings is 1. The molecule has 1 heterocycles. The number of amides is 1.